The average molecular weight is 528 g/mol. The quantitative estimate of drug-likeness (QED) is 0.466. The fourth-order valence-electron chi connectivity index (χ4n) is 6.11. The largest absolute Gasteiger partial charge is 0.378 e. The molecule has 1 saturated carbocycles. The molecule has 0 spiro atoms. The molecule has 2 fully saturated rings. The van der Waals surface area contributed by atoms with E-state index in [1.807, 2.05) is 40.1 Å². The van der Waals surface area contributed by atoms with Gasteiger partial charge < -0.3 is 15.0 Å². The normalized spacial score (nSPS) is 22.1. The van der Waals surface area contributed by atoms with Crippen LogP contribution in [-0.2, 0) is 16.1 Å². The van der Waals surface area contributed by atoms with Crippen LogP contribution in [0, 0.1) is 5.92 Å². The van der Waals surface area contributed by atoms with E-state index in [1.54, 1.807) is 0 Å². The first-order valence-corrected chi connectivity index (χ1v) is 14.5. The molecule has 0 radical (unpaired) electrons. The summed E-state index contributed by atoms with van der Waals surface area (Å²) >= 11 is 0. The Morgan fingerprint density at radius 2 is 1.82 bits per heavy atom. The Labute approximate surface area is 232 Å². The molecule has 5 rings (SSSR count). The van der Waals surface area contributed by atoms with Crippen molar-refractivity contribution in [1.29, 1.82) is 0 Å². The number of carbonyl (C=O) groups excluding carboxylic acids is 2. The second kappa shape index (κ2) is 13.1. The van der Waals surface area contributed by atoms with Crippen LogP contribution in [-0.4, -0.2) is 49.2 Å². The number of anilines is 1. The lowest BCUT2D eigenvalue weighted by atomic mass is 9.74. The molecule has 3 amide bonds. The zero-order valence-electron chi connectivity index (χ0n) is 23.1. The number of nitrogens with zero attached hydrogens (tertiary/aromatic N) is 2. The molecule has 2 aromatic rings. The summed E-state index contributed by atoms with van der Waals surface area (Å²) in [5.41, 5.74) is 4.36. The average Bonchev–Trinajstić information content (AvgIpc) is 3.01. The zero-order valence-corrected chi connectivity index (χ0v) is 23.1. The Balaban J connectivity index is 1.33. The molecule has 1 N–H and O–H groups in total. The highest BCUT2D eigenvalue weighted by atomic mass is 16.5. The van der Waals surface area contributed by atoms with Crippen LogP contribution in [0.2, 0.25) is 0 Å². The lowest BCUT2D eigenvalue weighted by molar-refractivity contribution is -0.127. The van der Waals surface area contributed by atoms with Gasteiger partial charge in [0.2, 0.25) is 5.91 Å². The van der Waals surface area contributed by atoms with Crippen molar-refractivity contribution < 1.29 is 14.3 Å². The Kier molecular flexibility index (Phi) is 9.15. The molecule has 0 aromatic heterocycles. The number of carbonyl (C=O) groups is 2. The second-order valence-electron chi connectivity index (χ2n) is 11.0. The van der Waals surface area contributed by atoms with E-state index in [1.165, 1.54) is 11.1 Å². The first-order chi connectivity index (χ1) is 19.1. The molecule has 2 aromatic carbocycles. The summed E-state index contributed by atoms with van der Waals surface area (Å²) in [5.74, 6) is 0.303. The summed E-state index contributed by atoms with van der Waals surface area (Å²) in [6, 6.07) is 18.5. The van der Waals surface area contributed by atoms with Gasteiger partial charge in [0.05, 0.1) is 25.8 Å². The number of morpholine rings is 1. The van der Waals surface area contributed by atoms with Crippen LogP contribution in [0.1, 0.15) is 62.5 Å². The van der Waals surface area contributed by atoms with Gasteiger partial charge in [-0.05, 0) is 67.4 Å². The predicted octanol–water partition coefficient (Wildman–Crippen LogP) is 6.20. The van der Waals surface area contributed by atoms with Crippen molar-refractivity contribution in [3.8, 4) is 0 Å². The number of allylic oxidation sites excluding steroid dienone is 2. The van der Waals surface area contributed by atoms with Gasteiger partial charge in [0.15, 0.2) is 0 Å². The summed E-state index contributed by atoms with van der Waals surface area (Å²) in [6.07, 6.45) is 12.8. The monoisotopic (exact) mass is 527 g/mol. The van der Waals surface area contributed by atoms with Crippen molar-refractivity contribution in [3.05, 3.63) is 89.5 Å². The maximum atomic E-state index is 13.6. The third-order valence-electron chi connectivity index (χ3n) is 8.29. The van der Waals surface area contributed by atoms with E-state index < -0.39 is 0 Å². The van der Waals surface area contributed by atoms with Crippen LogP contribution in [0.3, 0.4) is 0 Å². The van der Waals surface area contributed by atoms with Crippen molar-refractivity contribution in [1.82, 2.24) is 10.2 Å². The summed E-state index contributed by atoms with van der Waals surface area (Å²) in [7, 11) is 0. The third kappa shape index (κ3) is 6.80. The third-order valence-corrected chi connectivity index (χ3v) is 8.29. The minimum atomic E-state index is -0.0372. The number of urea groups is 1. The molecule has 2 unspecified atom stereocenters. The van der Waals surface area contributed by atoms with Gasteiger partial charge in [0.1, 0.15) is 0 Å². The van der Waals surface area contributed by atoms with E-state index in [0.29, 0.717) is 32.8 Å². The lowest BCUT2D eigenvalue weighted by Gasteiger charge is -2.34. The molecule has 3 aliphatic rings. The van der Waals surface area contributed by atoms with Crippen LogP contribution >= 0.6 is 0 Å². The minimum absolute atomic E-state index is 0.00452. The number of hydrogen-bond acceptors (Lipinski definition) is 3. The fraction of sp³-hybridized carbons (Fsp3) is 0.455. The Morgan fingerprint density at radius 3 is 2.59 bits per heavy atom. The first kappa shape index (κ1) is 27.2. The van der Waals surface area contributed by atoms with E-state index >= 15 is 0 Å². The van der Waals surface area contributed by atoms with E-state index in [2.05, 4.69) is 54.7 Å². The molecule has 1 aliphatic heterocycles. The number of para-hydroxylation sites is 1. The number of rotatable bonds is 7. The standard InChI is InChI=1S/C33H41N3O3/c1-25(27-12-4-2-5-13-27)34-32(37)31-18-9-8-17-30(31)28-14-10-11-26(23-28)24-36(29-15-6-3-7-16-29)33(38)35-19-21-39-22-20-35/h3-4,6-7,10-16,23,25,30-31H,2,5,8-9,17-22,24H2,1H3,(H,34,37)/t25-,30?,31?/m0/s1. The Bertz CT molecular complexity index is 1190. The van der Waals surface area contributed by atoms with Gasteiger partial charge in [-0.15, -0.1) is 0 Å². The molecule has 206 valence electrons. The fourth-order valence-corrected chi connectivity index (χ4v) is 6.11. The van der Waals surface area contributed by atoms with Gasteiger partial charge in [-0.25, -0.2) is 4.79 Å². The van der Waals surface area contributed by atoms with Crippen LogP contribution in [0.25, 0.3) is 0 Å². The topological polar surface area (TPSA) is 61.9 Å². The van der Waals surface area contributed by atoms with Crippen molar-refractivity contribution in [2.45, 2.75) is 64.0 Å². The van der Waals surface area contributed by atoms with Crippen molar-refractivity contribution >= 4 is 17.6 Å². The zero-order chi connectivity index (χ0) is 27.0. The van der Waals surface area contributed by atoms with Gasteiger partial charge in [-0.2, -0.15) is 0 Å². The molecule has 0 bridgehead atoms. The highest BCUT2D eigenvalue weighted by Gasteiger charge is 2.33. The van der Waals surface area contributed by atoms with E-state index in [9.17, 15) is 9.59 Å². The van der Waals surface area contributed by atoms with Crippen molar-refractivity contribution in [2.75, 3.05) is 31.2 Å². The van der Waals surface area contributed by atoms with Gasteiger partial charge in [0.25, 0.3) is 0 Å². The molecule has 39 heavy (non-hydrogen) atoms. The van der Waals surface area contributed by atoms with E-state index in [0.717, 1.165) is 49.8 Å². The van der Waals surface area contributed by atoms with Crippen LogP contribution in [0.5, 0.6) is 0 Å². The minimum Gasteiger partial charge on any atom is -0.378 e. The number of nitrogens with one attached hydrogen (secondary N) is 1. The van der Waals surface area contributed by atoms with Crippen LogP contribution < -0.4 is 10.2 Å². The number of hydrogen-bond donors (Lipinski definition) is 1. The van der Waals surface area contributed by atoms with Gasteiger partial charge in [-0.1, -0.05) is 73.5 Å². The molecule has 1 heterocycles. The molecular formula is C33H41N3O3. The van der Waals surface area contributed by atoms with E-state index in [-0.39, 0.29) is 29.8 Å². The van der Waals surface area contributed by atoms with Gasteiger partial charge in [-0.3, -0.25) is 9.69 Å². The van der Waals surface area contributed by atoms with Gasteiger partial charge >= 0.3 is 6.03 Å². The highest BCUT2D eigenvalue weighted by Crippen LogP contribution is 2.38. The maximum absolute atomic E-state index is 13.6. The summed E-state index contributed by atoms with van der Waals surface area (Å²) in [6.45, 7) is 4.91. The SMILES string of the molecule is C[C@H](NC(=O)C1CCCCC1c1cccc(CN(C(=O)N2CCOCC2)c2ccccc2)c1)C1=CCCC=C1. The molecule has 6 nitrogen and oxygen atoms in total. The van der Waals surface area contributed by atoms with Gasteiger partial charge in [0, 0.05) is 24.7 Å². The molecule has 1 saturated heterocycles. The highest BCUT2D eigenvalue weighted by molar-refractivity contribution is 5.92. The molecular weight excluding hydrogens is 486 g/mol. The smallest absolute Gasteiger partial charge is 0.324 e. The molecule has 6 heteroatoms. The summed E-state index contributed by atoms with van der Waals surface area (Å²) in [4.78, 5) is 30.9. The number of benzene rings is 2. The first-order valence-electron chi connectivity index (χ1n) is 14.5. The van der Waals surface area contributed by atoms with Crippen LogP contribution in [0.4, 0.5) is 10.5 Å². The van der Waals surface area contributed by atoms with Crippen molar-refractivity contribution in [3.63, 3.8) is 0 Å². The van der Waals surface area contributed by atoms with Crippen LogP contribution in [0.15, 0.2) is 78.4 Å². The maximum Gasteiger partial charge on any atom is 0.324 e. The van der Waals surface area contributed by atoms with Crippen molar-refractivity contribution in [2.24, 2.45) is 5.92 Å². The Morgan fingerprint density at radius 1 is 1.03 bits per heavy atom. The van der Waals surface area contributed by atoms with E-state index in [4.69, 9.17) is 4.74 Å². The summed E-state index contributed by atoms with van der Waals surface area (Å²) in [5, 5.41) is 3.31. The molecule has 3 atom stereocenters. The Hall–Kier alpha value is -3.38. The molecule has 2 aliphatic carbocycles. The summed E-state index contributed by atoms with van der Waals surface area (Å²) < 4.78 is 5.47. The number of ether oxygens (including phenoxy) is 1. The lowest BCUT2D eigenvalue weighted by Crippen LogP contribution is -2.48. The second-order valence-corrected chi connectivity index (χ2v) is 11.0. The predicted molar refractivity (Wildman–Crippen MR) is 156 cm³/mol. The number of amides is 3.